The highest BCUT2D eigenvalue weighted by Gasteiger charge is 2.29. The second kappa shape index (κ2) is 10.2. The first kappa shape index (κ1) is 23.8. The second-order valence-corrected chi connectivity index (χ2v) is 7.91. The van der Waals surface area contributed by atoms with Gasteiger partial charge in [0.25, 0.3) is 5.91 Å². The number of carbonyl (C=O) groups excluding carboxylic acids is 3. The normalized spacial score (nSPS) is 11.5. The number of hydrogen-bond donors (Lipinski definition) is 2. The minimum Gasteiger partial charge on any atom is -0.462 e. The van der Waals surface area contributed by atoms with Crippen molar-refractivity contribution in [1.82, 2.24) is 4.98 Å². The summed E-state index contributed by atoms with van der Waals surface area (Å²) in [4.78, 5) is 41.4. The molecule has 2 aromatic carbocycles. The van der Waals surface area contributed by atoms with Crippen LogP contribution in [-0.4, -0.2) is 29.4 Å². The van der Waals surface area contributed by atoms with Gasteiger partial charge in [-0.15, -0.1) is 0 Å². The number of aromatic amines is 1. The molecule has 3 rings (SSSR count). The van der Waals surface area contributed by atoms with Crippen LogP contribution in [-0.2, 0) is 14.3 Å². The molecular weight excluding hydrogens is 420 g/mol. The van der Waals surface area contributed by atoms with Gasteiger partial charge in [0.15, 0.2) is 0 Å². The Morgan fingerprint density at radius 2 is 1.58 bits per heavy atom. The molecule has 0 spiro atoms. The number of anilines is 1. The van der Waals surface area contributed by atoms with Crippen molar-refractivity contribution < 1.29 is 23.9 Å². The first-order valence-corrected chi connectivity index (χ1v) is 10.7. The van der Waals surface area contributed by atoms with Gasteiger partial charge >= 0.3 is 11.9 Å². The van der Waals surface area contributed by atoms with Crippen molar-refractivity contribution in [3.63, 3.8) is 0 Å². The van der Waals surface area contributed by atoms with Crippen molar-refractivity contribution in [1.29, 1.82) is 0 Å². The minimum atomic E-state index is -1.19. The van der Waals surface area contributed by atoms with Crippen LogP contribution in [0, 0.1) is 27.7 Å². The van der Waals surface area contributed by atoms with Gasteiger partial charge in [-0.1, -0.05) is 36.4 Å². The number of carbonyl (C=O) groups is 3. The Morgan fingerprint density at radius 3 is 2.18 bits per heavy atom. The van der Waals surface area contributed by atoms with E-state index in [1.54, 1.807) is 45.0 Å². The molecule has 0 aliphatic heterocycles. The van der Waals surface area contributed by atoms with E-state index in [2.05, 4.69) is 10.3 Å². The summed E-state index contributed by atoms with van der Waals surface area (Å²) in [6.07, 6.45) is -1.19. The molecule has 172 valence electrons. The van der Waals surface area contributed by atoms with Gasteiger partial charge in [-0.2, -0.15) is 0 Å². The first-order chi connectivity index (χ1) is 15.7. The fraction of sp³-hybridized carbons (Fsp3) is 0.269. The van der Waals surface area contributed by atoms with Crippen molar-refractivity contribution >= 4 is 23.5 Å². The summed E-state index contributed by atoms with van der Waals surface area (Å²) < 4.78 is 10.8. The quantitative estimate of drug-likeness (QED) is 0.498. The fourth-order valence-electron chi connectivity index (χ4n) is 3.78. The Morgan fingerprint density at radius 1 is 0.939 bits per heavy atom. The average molecular weight is 449 g/mol. The number of H-pyrrole nitrogens is 1. The van der Waals surface area contributed by atoms with E-state index in [-0.39, 0.29) is 12.3 Å². The standard InChI is InChI=1S/C26H28N2O5/c1-6-32-25(30)21-17(4)22(27-18(21)5)26(31)33-23(19-10-8-7-9-11-19)24(29)28-20-13-15(2)12-16(3)14-20/h7-14,23,27H,6H2,1-5H3,(H,28,29). The van der Waals surface area contributed by atoms with Crippen LogP contribution < -0.4 is 5.32 Å². The summed E-state index contributed by atoms with van der Waals surface area (Å²) in [5.74, 6) is -1.74. The highest BCUT2D eigenvalue weighted by atomic mass is 16.5. The van der Waals surface area contributed by atoms with E-state index in [0.717, 1.165) is 11.1 Å². The highest BCUT2D eigenvalue weighted by molar-refractivity contribution is 6.01. The highest BCUT2D eigenvalue weighted by Crippen LogP contribution is 2.25. The lowest BCUT2D eigenvalue weighted by Gasteiger charge is -2.18. The summed E-state index contributed by atoms with van der Waals surface area (Å²) in [7, 11) is 0. The molecule has 7 heteroatoms. The smallest absolute Gasteiger partial charge is 0.356 e. The third-order valence-corrected chi connectivity index (χ3v) is 5.18. The molecule has 1 unspecified atom stereocenters. The number of nitrogens with one attached hydrogen (secondary N) is 2. The van der Waals surface area contributed by atoms with Gasteiger partial charge in [0.2, 0.25) is 6.10 Å². The Labute approximate surface area is 193 Å². The molecule has 1 aromatic heterocycles. The molecule has 7 nitrogen and oxygen atoms in total. The van der Waals surface area contributed by atoms with Crippen LogP contribution in [0.1, 0.15) is 61.8 Å². The summed E-state index contributed by atoms with van der Waals surface area (Å²) >= 11 is 0. The molecule has 0 aliphatic carbocycles. The monoisotopic (exact) mass is 448 g/mol. The largest absolute Gasteiger partial charge is 0.462 e. The van der Waals surface area contributed by atoms with Gasteiger partial charge in [0, 0.05) is 16.9 Å². The molecule has 1 atom stereocenters. The van der Waals surface area contributed by atoms with Crippen LogP contribution in [0.5, 0.6) is 0 Å². The van der Waals surface area contributed by atoms with E-state index in [1.165, 1.54) is 0 Å². The average Bonchev–Trinajstić information content (AvgIpc) is 3.06. The van der Waals surface area contributed by atoms with E-state index < -0.39 is 23.9 Å². The fourth-order valence-corrected chi connectivity index (χ4v) is 3.78. The molecule has 1 heterocycles. The van der Waals surface area contributed by atoms with Crippen LogP contribution in [0.4, 0.5) is 5.69 Å². The molecule has 33 heavy (non-hydrogen) atoms. The summed E-state index contributed by atoms with van der Waals surface area (Å²) in [5.41, 5.74) is 4.46. The van der Waals surface area contributed by atoms with E-state index in [0.29, 0.717) is 28.1 Å². The Balaban J connectivity index is 1.90. The number of aryl methyl sites for hydroxylation is 3. The van der Waals surface area contributed by atoms with Crippen molar-refractivity contribution in [2.24, 2.45) is 0 Å². The lowest BCUT2D eigenvalue weighted by Crippen LogP contribution is -2.26. The van der Waals surface area contributed by atoms with Crippen LogP contribution in [0.3, 0.4) is 0 Å². The van der Waals surface area contributed by atoms with E-state index in [4.69, 9.17) is 9.47 Å². The number of amides is 1. The molecule has 0 fully saturated rings. The van der Waals surface area contributed by atoms with Gasteiger partial charge in [0.05, 0.1) is 12.2 Å². The number of hydrogen-bond acceptors (Lipinski definition) is 5. The lowest BCUT2D eigenvalue weighted by atomic mass is 10.1. The van der Waals surface area contributed by atoms with E-state index in [9.17, 15) is 14.4 Å². The van der Waals surface area contributed by atoms with E-state index >= 15 is 0 Å². The third kappa shape index (κ3) is 5.49. The lowest BCUT2D eigenvalue weighted by molar-refractivity contribution is -0.125. The van der Waals surface area contributed by atoms with E-state index in [1.807, 2.05) is 38.1 Å². The maximum Gasteiger partial charge on any atom is 0.356 e. The second-order valence-electron chi connectivity index (χ2n) is 7.91. The van der Waals surface area contributed by atoms with Crippen LogP contribution in [0.15, 0.2) is 48.5 Å². The zero-order valence-electron chi connectivity index (χ0n) is 19.4. The topological polar surface area (TPSA) is 97.5 Å². The number of esters is 2. The van der Waals surface area contributed by atoms with Crippen molar-refractivity contribution in [2.45, 2.75) is 40.7 Å². The maximum absolute atomic E-state index is 13.2. The maximum atomic E-state index is 13.2. The third-order valence-electron chi connectivity index (χ3n) is 5.18. The predicted molar refractivity (Wildman–Crippen MR) is 125 cm³/mol. The van der Waals surface area contributed by atoms with Gasteiger partial charge in [-0.25, -0.2) is 9.59 Å². The van der Waals surface area contributed by atoms with Crippen molar-refractivity contribution in [2.75, 3.05) is 11.9 Å². The molecule has 3 aromatic rings. The first-order valence-electron chi connectivity index (χ1n) is 10.7. The molecule has 2 N–H and O–H groups in total. The number of ether oxygens (including phenoxy) is 2. The van der Waals surface area contributed by atoms with Gasteiger partial charge < -0.3 is 19.8 Å². The van der Waals surface area contributed by atoms with Crippen LogP contribution in [0.2, 0.25) is 0 Å². The molecule has 0 bridgehead atoms. The summed E-state index contributed by atoms with van der Waals surface area (Å²) in [5, 5.41) is 2.84. The number of aromatic nitrogens is 1. The summed E-state index contributed by atoms with van der Waals surface area (Å²) in [6.45, 7) is 9.13. The SMILES string of the molecule is CCOC(=O)c1c(C)[nH]c(C(=O)OC(C(=O)Nc2cc(C)cc(C)c2)c2ccccc2)c1C. The van der Waals surface area contributed by atoms with Gasteiger partial charge in [-0.05, 0) is 63.4 Å². The van der Waals surface area contributed by atoms with Crippen LogP contribution in [0.25, 0.3) is 0 Å². The molecule has 0 saturated heterocycles. The van der Waals surface area contributed by atoms with Crippen LogP contribution >= 0.6 is 0 Å². The Kier molecular flexibility index (Phi) is 7.33. The Bertz CT molecular complexity index is 1160. The minimum absolute atomic E-state index is 0.107. The molecule has 1 amide bonds. The zero-order chi connectivity index (χ0) is 24.1. The molecule has 0 saturated carbocycles. The molecular formula is C26H28N2O5. The van der Waals surface area contributed by atoms with Gasteiger partial charge in [0.1, 0.15) is 5.69 Å². The van der Waals surface area contributed by atoms with Crippen molar-refractivity contribution in [3.8, 4) is 0 Å². The molecule has 0 radical (unpaired) electrons. The summed E-state index contributed by atoms with van der Waals surface area (Å²) in [6, 6.07) is 14.5. The van der Waals surface area contributed by atoms with Crippen molar-refractivity contribution in [3.05, 3.63) is 87.7 Å². The Hall–Kier alpha value is -3.87. The number of benzene rings is 2. The molecule has 0 aliphatic rings. The number of rotatable bonds is 7. The predicted octanol–water partition coefficient (Wildman–Crippen LogP) is 4.96. The van der Waals surface area contributed by atoms with Gasteiger partial charge in [-0.3, -0.25) is 4.79 Å². The zero-order valence-corrected chi connectivity index (χ0v) is 19.4.